The van der Waals surface area contributed by atoms with E-state index in [4.69, 9.17) is 16.7 Å². The van der Waals surface area contributed by atoms with Crippen molar-refractivity contribution in [3.05, 3.63) is 34.9 Å². The van der Waals surface area contributed by atoms with Crippen molar-refractivity contribution in [2.24, 2.45) is 0 Å². The first-order chi connectivity index (χ1) is 9.84. The summed E-state index contributed by atoms with van der Waals surface area (Å²) in [5, 5.41) is 9.24. The molecule has 1 atom stereocenters. The van der Waals surface area contributed by atoms with Gasteiger partial charge in [0.05, 0.1) is 6.04 Å². The number of hydrogen-bond donors (Lipinski definition) is 1. The first kappa shape index (κ1) is 17.3. The normalized spacial score (nSPS) is 11.8. The molecule has 1 aromatic carbocycles. The third-order valence-corrected chi connectivity index (χ3v) is 3.79. The number of nitrogens with zero attached hydrogens (tertiary/aromatic N) is 2. The van der Waals surface area contributed by atoms with E-state index in [1.807, 2.05) is 25.1 Å². The van der Waals surface area contributed by atoms with Gasteiger partial charge in [-0.3, -0.25) is 4.79 Å². The molecule has 0 spiro atoms. The lowest BCUT2D eigenvalue weighted by Gasteiger charge is -2.30. The predicted molar refractivity (Wildman–Crippen MR) is 82.5 cm³/mol. The number of rotatable bonds is 6. The van der Waals surface area contributed by atoms with Crippen LogP contribution in [0, 0.1) is 0 Å². The Labute approximate surface area is 130 Å². The summed E-state index contributed by atoms with van der Waals surface area (Å²) in [7, 11) is 3.38. The number of carbonyl (C=O) groups is 2. The summed E-state index contributed by atoms with van der Waals surface area (Å²) in [6.07, 6.45) is 0.493. The molecule has 1 aromatic rings. The van der Waals surface area contributed by atoms with E-state index >= 15 is 0 Å². The van der Waals surface area contributed by atoms with Gasteiger partial charge in [0.1, 0.15) is 0 Å². The number of aliphatic carboxylic acids is 1. The maximum Gasteiger partial charge on any atom is 0.319 e. The number of carbonyl (C=O) groups excluding carboxylic acids is 1. The van der Waals surface area contributed by atoms with Gasteiger partial charge in [-0.1, -0.05) is 29.8 Å². The second-order valence-electron chi connectivity index (χ2n) is 5.01. The first-order valence-electron chi connectivity index (χ1n) is 6.78. The third-order valence-electron chi connectivity index (χ3n) is 3.45. The van der Waals surface area contributed by atoms with Crippen LogP contribution in [0.4, 0.5) is 4.79 Å². The molecule has 1 rings (SSSR count). The van der Waals surface area contributed by atoms with Crippen molar-refractivity contribution in [2.75, 3.05) is 20.6 Å². The number of halogens is 1. The highest BCUT2D eigenvalue weighted by Crippen LogP contribution is 2.26. The van der Waals surface area contributed by atoms with E-state index in [0.717, 1.165) is 5.56 Å². The van der Waals surface area contributed by atoms with Gasteiger partial charge in [0.15, 0.2) is 0 Å². The number of amides is 2. The van der Waals surface area contributed by atoms with Crippen molar-refractivity contribution in [3.8, 4) is 0 Å². The van der Waals surface area contributed by atoms with Crippen LogP contribution in [0.3, 0.4) is 0 Å². The second kappa shape index (κ2) is 7.88. The highest BCUT2D eigenvalue weighted by molar-refractivity contribution is 6.31. The average molecular weight is 313 g/mol. The average Bonchev–Trinajstić information content (AvgIpc) is 2.45. The Hall–Kier alpha value is -1.75. The van der Waals surface area contributed by atoms with Crippen molar-refractivity contribution in [1.29, 1.82) is 0 Å². The van der Waals surface area contributed by atoms with Crippen LogP contribution < -0.4 is 0 Å². The summed E-state index contributed by atoms with van der Waals surface area (Å²) in [6, 6.07) is 7.09. The molecule has 0 saturated carbocycles. The summed E-state index contributed by atoms with van der Waals surface area (Å²) >= 11 is 6.15. The number of hydrogen-bond acceptors (Lipinski definition) is 2. The molecule has 0 aliphatic heterocycles. The largest absolute Gasteiger partial charge is 0.481 e. The summed E-state index contributed by atoms with van der Waals surface area (Å²) in [5.74, 6) is -0.853. The Morgan fingerprint density at radius 1 is 1.29 bits per heavy atom. The molecule has 0 aliphatic rings. The van der Waals surface area contributed by atoms with Crippen molar-refractivity contribution in [3.63, 3.8) is 0 Å². The summed E-state index contributed by atoms with van der Waals surface area (Å²) < 4.78 is 0. The molecule has 0 aliphatic carbocycles. The Morgan fingerprint density at radius 3 is 2.48 bits per heavy atom. The van der Waals surface area contributed by atoms with E-state index in [2.05, 4.69) is 0 Å². The summed E-state index contributed by atoms with van der Waals surface area (Å²) in [6.45, 7) is 2.31. The van der Waals surface area contributed by atoms with E-state index in [1.165, 1.54) is 4.90 Å². The fourth-order valence-electron chi connectivity index (χ4n) is 2.02. The minimum absolute atomic E-state index is 0.0569. The molecule has 0 bridgehead atoms. The highest BCUT2D eigenvalue weighted by Gasteiger charge is 2.21. The van der Waals surface area contributed by atoms with Crippen LogP contribution in [-0.2, 0) is 4.79 Å². The Bertz CT molecular complexity index is 507. The SMILES string of the molecule is CC(c1ccccc1Cl)N(C)C(=O)N(C)CCCC(=O)O. The van der Waals surface area contributed by atoms with Crippen molar-refractivity contribution >= 4 is 23.6 Å². The zero-order valence-corrected chi connectivity index (χ0v) is 13.3. The van der Waals surface area contributed by atoms with E-state index in [1.54, 1.807) is 25.1 Å². The van der Waals surface area contributed by atoms with Gasteiger partial charge in [-0.25, -0.2) is 4.79 Å². The standard InChI is InChI=1S/C15H21ClN2O3/c1-11(12-7-4-5-8-13(12)16)18(3)15(21)17(2)10-6-9-14(19)20/h4-5,7-8,11H,6,9-10H2,1-3H3,(H,19,20). The van der Waals surface area contributed by atoms with E-state index in [-0.39, 0.29) is 18.5 Å². The van der Waals surface area contributed by atoms with Crippen LogP contribution in [0.5, 0.6) is 0 Å². The number of benzene rings is 1. The molecule has 5 nitrogen and oxygen atoms in total. The number of carboxylic acids is 1. The van der Waals surface area contributed by atoms with Gasteiger partial charge in [0.2, 0.25) is 0 Å². The van der Waals surface area contributed by atoms with E-state index in [9.17, 15) is 9.59 Å². The zero-order valence-electron chi connectivity index (χ0n) is 12.5. The van der Waals surface area contributed by atoms with Crippen LogP contribution in [0.1, 0.15) is 31.4 Å². The van der Waals surface area contributed by atoms with Gasteiger partial charge in [0.25, 0.3) is 0 Å². The van der Waals surface area contributed by atoms with Gasteiger partial charge in [-0.15, -0.1) is 0 Å². The maximum absolute atomic E-state index is 12.3. The second-order valence-corrected chi connectivity index (χ2v) is 5.42. The lowest BCUT2D eigenvalue weighted by Crippen LogP contribution is -2.40. The highest BCUT2D eigenvalue weighted by atomic mass is 35.5. The van der Waals surface area contributed by atoms with Crippen molar-refractivity contribution in [1.82, 2.24) is 9.80 Å². The van der Waals surface area contributed by atoms with E-state index in [0.29, 0.717) is 18.0 Å². The minimum Gasteiger partial charge on any atom is -0.481 e. The van der Waals surface area contributed by atoms with Gasteiger partial charge in [0, 0.05) is 32.1 Å². The van der Waals surface area contributed by atoms with Crippen LogP contribution in [-0.4, -0.2) is 47.5 Å². The Balaban J connectivity index is 2.64. The van der Waals surface area contributed by atoms with Gasteiger partial charge in [-0.05, 0) is 25.0 Å². The summed E-state index contributed by atoms with van der Waals surface area (Å²) in [4.78, 5) is 25.9. The van der Waals surface area contributed by atoms with Crippen LogP contribution in [0.15, 0.2) is 24.3 Å². The lowest BCUT2D eigenvalue weighted by molar-refractivity contribution is -0.137. The topological polar surface area (TPSA) is 60.9 Å². The van der Waals surface area contributed by atoms with E-state index < -0.39 is 5.97 Å². The first-order valence-corrected chi connectivity index (χ1v) is 7.16. The third kappa shape index (κ3) is 4.93. The smallest absolute Gasteiger partial charge is 0.319 e. The molecule has 0 saturated heterocycles. The minimum atomic E-state index is -0.853. The van der Waals surface area contributed by atoms with Crippen LogP contribution >= 0.6 is 11.6 Å². The van der Waals surface area contributed by atoms with Crippen LogP contribution in [0.25, 0.3) is 0 Å². The molecule has 21 heavy (non-hydrogen) atoms. The molecule has 0 heterocycles. The quantitative estimate of drug-likeness (QED) is 0.877. The number of urea groups is 1. The fraction of sp³-hybridized carbons (Fsp3) is 0.467. The molecule has 116 valence electrons. The molecule has 0 aromatic heterocycles. The molecular formula is C15H21ClN2O3. The predicted octanol–water partition coefficient (Wildman–Crippen LogP) is 3.25. The fourth-order valence-corrected chi connectivity index (χ4v) is 2.31. The van der Waals surface area contributed by atoms with Crippen molar-refractivity contribution in [2.45, 2.75) is 25.8 Å². The molecular weight excluding hydrogens is 292 g/mol. The van der Waals surface area contributed by atoms with Crippen molar-refractivity contribution < 1.29 is 14.7 Å². The zero-order chi connectivity index (χ0) is 16.0. The Kier molecular flexibility index (Phi) is 6.49. The molecule has 1 N–H and O–H groups in total. The maximum atomic E-state index is 12.3. The molecule has 1 unspecified atom stereocenters. The van der Waals surface area contributed by atoms with Gasteiger partial charge >= 0.3 is 12.0 Å². The lowest BCUT2D eigenvalue weighted by atomic mass is 10.1. The van der Waals surface area contributed by atoms with Crippen LogP contribution in [0.2, 0.25) is 5.02 Å². The van der Waals surface area contributed by atoms with Gasteiger partial charge in [-0.2, -0.15) is 0 Å². The van der Waals surface area contributed by atoms with Gasteiger partial charge < -0.3 is 14.9 Å². The Morgan fingerprint density at radius 2 is 1.90 bits per heavy atom. The summed E-state index contributed by atoms with van der Waals surface area (Å²) in [5.41, 5.74) is 0.883. The number of carboxylic acid groups (broad SMARTS) is 1. The molecule has 0 fully saturated rings. The molecule has 2 amide bonds. The monoisotopic (exact) mass is 312 g/mol. The molecule has 0 radical (unpaired) electrons. The molecule has 6 heteroatoms.